The largest absolute Gasteiger partial charge is 0.378 e. The second-order valence-electron chi connectivity index (χ2n) is 9.68. The molecular formula is C30H25F3N6O3. The van der Waals surface area contributed by atoms with Crippen molar-refractivity contribution in [3.05, 3.63) is 101 Å². The van der Waals surface area contributed by atoms with Gasteiger partial charge in [0.05, 0.1) is 53.9 Å². The number of hydrogen-bond donors (Lipinski definition) is 1. The fraction of sp³-hybridized carbons (Fsp3) is 0.233. The van der Waals surface area contributed by atoms with Crippen LogP contribution in [0.4, 0.5) is 18.9 Å². The molecule has 0 aliphatic carbocycles. The number of benzene rings is 2. The first-order chi connectivity index (χ1) is 20.1. The molecule has 3 heterocycles. The molecule has 1 aliphatic heterocycles. The lowest BCUT2D eigenvalue weighted by atomic mass is 10.1. The predicted octanol–water partition coefficient (Wildman–Crippen LogP) is 4.80. The molecule has 0 atom stereocenters. The van der Waals surface area contributed by atoms with Crippen LogP contribution in [0.5, 0.6) is 0 Å². The van der Waals surface area contributed by atoms with Crippen molar-refractivity contribution in [2.24, 2.45) is 0 Å². The maximum absolute atomic E-state index is 15.0. The normalized spacial score (nSPS) is 13.5. The highest BCUT2D eigenvalue weighted by molar-refractivity contribution is 6.14. The van der Waals surface area contributed by atoms with Gasteiger partial charge in [-0.2, -0.15) is 19.1 Å². The molecule has 4 aromatic rings. The summed E-state index contributed by atoms with van der Waals surface area (Å²) in [5.41, 5.74) is 0.383. The molecule has 0 radical (unpaired) electrons. The van der Waals surface area contributed by atoms with Crippen LogP contribution in [-0.4, -0.2) is 57.8 Å². The van der Waals surface area contributed by atoms with Crippen molar-refractivity contribution in [2.75, 3.05) is 31.6 Å². The first-order valence-corrected chi connectivity index (χ1v) is 13.0. The van der Waals surface area contributed by atoms with Crippen molar-refractivity contribution < 1.29 is 27.5 Å². The van der Waals surface area contributed by atoms with Crippen LogP contribution in [0.2, 0.25) is 0 Å². The minimum absolute atomic E-state index is 0.0500. The van der Waals surface area contributed by atoms with Crippen LogP contribution >= 0.6 is 0 Å². The van der Waals surface area contributed by atoms with Crippen molar-refractivity contribution in [1.29, 1.82) is 5.26 Å². The number of aromatic nitrogens is 3. The third-order valence-corrected chi connectivity index (χ3v) is 6.97. The van der Waals surface area contributed by atoms with E-state index >= 15 is 8.78 Å². The Hall–Kier alpha value is -5.02. The van der Waals surface area contributed by atoms with E-state index in [1.54, 1.807) is 24.3 Å². The van der Waals surface area contributed by atoms with Gasteiger partial charge in [-0.1, -0.05) is 18.7 Å². The molecule has 1 N–H and O–H groups in total. The lowest BCUT2D eigenvalue weighted by Gasteiger charge is -2.26. The summed E-state index contributed by atoms with van der Waals surface area (Å²) in [6.45, 7) is 6.18. The molecule has 1 saturated heterocycles. The van der Waals surface area contributed by atoms with Gasteiger partial charge in [0.25, 0.3) is 11.8 Å². The lowest BCUT2D eigenvalue weighted by molar-refractivity contribution is 0.0299. The van der Waals surface area contributed by atoms with Gasteiger partial charge in [-0.25, -0.2) is 9.37 Å². The second-order valence-corrected chi connectivity index (χ2v) is 9.68. The van der Waals surface area contributed by atoms with Gasteiger partial charge in [0.2, 0.25) is 0 Å². The Morgan fingerprint density at radius 3 is 2.55 bits per heavy atom. The van der Waals surface area contributed by atoms with Crippen LogP contribution in [0.15, 0.2) is 61.2 Å². The number of carbonyl (C=O) groups excluding carboxylic acids is 2. The quantitative estimate of drug-likeness (QED) is 0.317. The van der Waals surface area contributed by atoms with Crippen LogP contribution in [0.3, 0.4) is 0 Å². The second kappa shape index (κ2) is 11.5. The van der Waals surface area contributed by atoms with Crippen LogP contribution in [0, 0.1) is 24.1 Å². The Kier molecular flexibility index (Phi) is 7.78. The maximum Gasteiger partial charge on any atom is 0.311 e. The molecule has 2 aromatic carbocycles. The number of allylic oxidation sites excluding steroid dienone is 1. The molecule has 0 unspecified atom stereocenters. The summed E-state index contributed by atoms with van der Waals surface area (Å²) in [6, 6.07) is 13.4. The molecular weight excluding hydrogens is 549 g/mol. The van der Waals surface area contributed by atoms with E-state index < -0.39 is 29.2 Å². The highest BCUT2D eigenvalue weighted by atomic mass is 19.3. The standard InChI is InChI=1S/C30H25F3N6O3/c1-3-30(32,33)27-26(18(2)39(37-27)17-20-6-4-19(16-34)5-7-20)36-28(40)23-15-25(29(41)38-10-12-42-13-11-38)35-24-9-8-21(31)14-22(23)24/h3-9,14-15H,1,10-13,17H2,2H3,(H,36,40). The number of nitrogens with one attached hydrogen (secondary N) is 1. The average Bonchev–Trinajstić information content (AvgIpc) is 3.31. The van der Waals surface area contributed by atoms with E-state index in [1.165, 1.54) is 28.6 Å². The number of rotatable bonds is 7. The van der Waals surface area contributed by atoms with E-state index in [4.69, 9.17) is 10.00 Å². The summed E-state index contributed by atoms with van der Waals surface area (Å²) in [4.78, 5) is 32.8. The average molecular weight is 575 g/mol. The number of amides is 2. The molecule has 2 aromatic heterocycles. The predicted molar refractivity (Wildman–Crippen MR) is 148 cm³/mol. The number of morpholine rings is 1. The zero-order chi connectivity index (χ0) is 30.0. The number of hydrogen-bond acceptors (Lipinski definition) is 6. The van der Waals surface area contributed by atoms with E-state index in [0.29, 0.717) is 43.5 Å². The fourth-order valence-corrected chi connectivity index (χ4v) is 4.64. The van der Waals surface area contributed by atoms with Crippen LogP contribution in [0.25, 0.3) is 10.9 Å². The number of fused-ring (bicyclic) bond motifs is 1. The molecule has 42 heavy (non-hydrogen) atoms. The Balaban J connectivity index is 1.55. The SMILES string of the molecule is C=CC(F)(F)c1nn(Cc2ccc(C#N)cc2)c(C)c1NC(=O)c1cc(C(=O)N2CCOCC2)nc2ccc(F)cc12. The highest BCUT2D eigenvalue weighted by Crippen LogP contribution is 2.36. The number of halogens is 3. The number of pyridine rings is 1. The lowest BCUT2D eigenvalue weighted by Crippen LogP contribution is -2.41. The fourth-order valence-electron chi connectivity index (χ4n) is 4.64. The molecule has 9 nitrogen and oxygen atoms in total. The van der Waals surface area contributed by atoms with E-state index in [9.17, 15) is 14.0 Å². The number of nitriles is 1. The van der Waals surface area contributed by atoms with Gasteiger partial charge in [-0.05, 0) is 55.0 Å². The zero-order valence-electron chi connectivity index (χ0n) is 22.5. The third kappa shape index (κ3) is 5.59. The van der Waals surface area contributed by atoms with Crippen LogP contribution < -0.4 is 5.32 Å². The number of anilines is 1. The molecule has 12 heteroatoms. The molecule has 0 saturated carbocycles. The minimum atomic E-state index is -3.60. The molecule has 2 amide bonds. The van der Waals surface area contributed by atoms with Gasteiger partial charge in [0.1, 0.15) is 11.5 Å². The smallest absolute Gasteiger partial charge is 0.311 e. The van der Waals surface area contributed by atoms with E-state index in [-0.39, 0.29) is 40.1 Å². The van der Waals surface area contributed by atoms with E-state index in [1.807, 2.05) is 6.07 Å². The van der Waals surface area contributed by atoms with Gasteiger partial charge in [-0.3, -0.25) is 14.3 Å². The molecule has 1 aliphatic rings. The Labute approximate surface area is 238 Å². The molecule has 5 rings (SSSR count). The first-order valence-electron chi connectivity index (χ1n) is 13.0. The van der Waals surface area contributed by atoms with Gasteiger partial charge in [0, 0.05) is 18.5 Å². The zero-order valence-corrected chi connectivity index (χ0v) is 22.5. The monoisotopic (exact) mass is 574 g/mol. The number of alkyl halides is 2. The van der Waals surface area contributed by atoms with Crippen molar-refractivity contribution in [2.45, 2.75) is 19.4 Å². The number of ether oxygens (including phenoxy) is 1. The summed E-state index contributed by atoms with van der Waals surface area (Å²) in [5, 5.41) is 15.8. The Bertz CT molecular complexity index is 1740. The summed E-state index contributed by atoms with van der Waals surface area (Å²) in [7, 11) is 0. The van der Waals surface area contributed by atoms with Gasteiger partial charge < -0.3 is 15.0 Å². The van der Waals surface area contributed by atoms with Crippen molar-refractivity contribution in [3.63, 3.8) is 0 Å². The Morgan fingerprint density at radius 2 is 1.88 bits per heavy atom. The number of carbonyl (C=O) groups is 2. The van der Waals surface area contributed by atoms with Gasteiger partial charge in [0.15, 0.2) is 5.69 Å². The molecule has 214 valence electrons. The highest BCUT2D eigenvalue weighted by Gasteiger charge is 2.36. The van der Waals surface area contributed by atoms with E-state index in [2.05, 4.69) is 22.0 Å². The molecule has 0 bridgehead atoms. The summed E-state index contributed by atoms with van der Waals surface area (Å²) >= 11 is 0. The van der Waals surface area contributed by atoms with Crippen molar-refractivity contribution >= 4 is 28.4 Å². The van der Waals surface area contributed by atoms with Crippen LogP contribution in [0.1, 0.15) is 43.4 Å². The number of nitrogens with zero attached hydrogens (tertiary/aromatic N) is 5. The Morgan fingerprint density at radius 1 is 1.17 bits per heavy atom. The molecule has 0 spiro atoms. The minimum Gasteiger partial charge on any atom is -0.378 e. The first kappa shape index (κ1) is 28.5. The van der Waals surface area contributed by atoms with Crippen molar-refractivity contribution in [3.8, 4) is 6.07 Å². The van der Waals surface area contributed by atoms with E-state index in [0.717, 1.165) is 12.1 Å². The van der Waals surface area contributed by atoms with Crippen LogP contribution in [-0.2, 0) is 17.2 Å². The summed E-state index contributed by atoms with van der Waals surface area (Å²) < 4.78 is 50.9. The topological polar surface area (TPSA) is 113 Å². The van der Waals surface area contributed by atoms with Gasteiger partial charge in [-0.15, -0.1) is 0 Å². The van der Waals surface area contributed by atoms with Crippen molar-refractivity contribution in [1.82, 2.24) is 19.7 Å². The van der Waals surface area contributed by atoms with Gasteiger partial charge >= 0.3 is 5.92 Å². The third-order valence-electron chi connectivity index (χ3n) is 6.97. The summed E-state index contributed by atoms with van der Waals surface area (Å²) in [6.07, 6.45) is 0.423. The maximum atomic E-state index is 15.0. The summed E-state index contributed by atoms with van der Waals surface area (Å²) in [5.74, 6) is -5.54. The molecule has 1 fully saturated rings.